The molecule has 4 rings (SSSR count). The highest BCUT2D eigenvalue weighted by Gasteiger charge is 2.65. The number of benzene rings is 1. The Morgan fingerprint density at radius 3 is 2.11 bits per heavy atom. The second-order valence-electron chi connectivity index (χ2n) is 7.97. The molecule has 1 amide bonds. The van der Waals surface area contributed by atoms with E-state index >= 15 is 0 Å². The minimum Gasteiger partial charge on any atom is -0.475 e. The second-order valence-corrected chi connectivity index (χ2v) is 9.66. The summed E-state index contributed by atoms with van der Waals surface area (Å²) in [7, 11) is -2.48. The molecule has 1 saturated heterocycles. The highest BCUT2D eigenvalue weighted by Crippen LogP contribution is 2.52. The standard InChI is InChI=1S/C17H17F3N6O3S.C2HF3O2/c1-26-7-6-13(22-26)10-8-14(21-9-10)15(27)23-30(28,29)12-4-2-11(3-5-12)16(24-25-16)17(18,19)20;3-2(4,5)1(6)7/h2-7,10,14,21H,8-9H2,1H3,(H,23,27);(H,6,7)/t10?,14-;/m0./s1. The van der Waals surface area contributed by atoms with Crippen LogP contribution in [0.4, 0.5) is 26.3 Å². The molecule has 0 bridgehead atoms. The lowest BCUT2D eigenvalue weighted by molar-refractivity contribution is -0.192. The summed E-state index contributed by atoms with van der Waals surface area (Å²) in [6, 6.07) is 5.04. The lowest BCUT2D eigenvalue weighted by Gasteiger charge is -2.15. The Morgan fingerprint density at radius 2 is 1.68 bits per heavy atom. The van der Waals surface area contributed by atoms with Gasteiger partial charge in [0.15, 0.2) is 0 Å². The molecule has 1 unspecified atom stereocenters. The number of carboxylic acid groups (broad SMARTS) is 1. The number of nitrogens with zero attached hydrogens (tertiary/aromatic N) is 4. The number of aryl methyl sites for hydroxylation is 1. The fourth-order valence-corrected chi connectivity index (χ4v) is 4.40. The predicted molar refractivity (Wildman–Crippen MR) is 110 cm³/mol. The molecule has 2 aliphatic rings. The third kappa shape index (κ3) is 6.24. The van der Waals surface area contributed by atoms with Crippen LogP contribution in [0.25, 0.3) is 0 Å². The molecule has 3 heterocycles. The average molecular weight is 556 g/mol. The first kappa shape index (κ1) is 28.0. The second kappa shape index (κ2) is 9.73. The third-order valence-corrected chi connectivity index (χ3v) is 6.70. The molecule has 1 aromatic heterocycles. The minimum atomic E-state index is -5.08. The number of carbonyl (C=O) groups excluding carboxylic acids is 1. The van der Waals surface area contributed by atoms with E-state index in [1.807, 2.05) is 10.8 Å². The van der Waals surface area contributed by atoms with Gasteiger partial charge in [-0.15, -0.1) is 10.2 Å². The van der Waals surface area contributed by atoms with E-state index in [2.05, 4.69) is 20.6 Å². The van der Waals surface area contributed by atoms with Gasteiger partial charge in [-0.25, -0.2) is 17.9 Å². The van der Waals surface area contributed by atoms with Gasteiger partial charge in [0.2, 0.25) is 0 Å². The Kier molecular flexibility index (Phi) is 7.37. The van der Waals surface area contributed by atoms with Crippen LogP contribution in [-0.4, -0.2) is 60.1 Å². The van der Waals surface area contributed by atoms with E-state index in [-0.39, 0.29) is 16.4 Å². The zero-order valence-corrected chi connectivity index (χ0v) is 19.4. The molecule has 2 aliphatic heterocycles. The first-order valence-corrected chi connectivity index (χ1v) is 11.7. The summed E-state index contributed by atoms with van der Waals surface area (Å²) in [6.07, 6.45) is -7.64. The number of rotatable bonds is 5. The monoisotopic (exact) mass is 556 g/mol. The summed E-state index contributed by atoms with van der Waals surface area (Å²) >= 11 is 0. The Bertz CT molecular complexity index is 1300. The molecule has 18 heteroatoms. The highest BCUT2D eigenvalue weighted by molar-refractivity contribution is 7.90. The van der Waals surface area contributed by atoms with Gasteiger partial charge in [0, 0.05) is 31.3 Å². The van der Waals surface area contributed by atoms with Gasteiger partial charge < -0.3 is 10.4 Å². The molecule has 1 aromatic carbocycles. The van der Waals surface area contributed by atoms with Crippen molar-refractivity contribution in [2.45, 2.75) is 41.3 Å². The van der Waals surface area contributed by atoms with Crippen molar-refractivity contribution in [3.63, 3.8) is 0 Å². The molecule has 11 nitrogen and oxygen atoms in total. The number of hydrogen-bond donors (Lipinski definition) is 3. The molecule has 2 aromatic rings. The van der Waals surface area contributed by atoms with E-state index in [1.165, 1.54) is 0 Å². The van der Waals surface area contributed by atoms with Crippen molar-refractivity contribution in [3.05, 3.63) is 47.8 Å². The summed E-state index contributed by atoms with van der Waals surface area (Å²) in [5.74, 6) is -3.53. The van der Waals surface area contributed by atoms with Crippen LogP contribution in [0.15, 0.2) is 51.7 Å². The number of carboxylic acids is 1. The lowest BCUT2D eigenvalue weighted by atomic mass is 10.0. The molecule has 1 fully saturated rings. The first-order chi connectivity index (χ1) is 17.0. The first-order valence-electron chi connectivity index (χ1n) is 10.2. The number of aromatic nitrogens is 2. The molecule has 37 heavy (non-hydrogen) atoms. The summed E-state index contributed by atoms with van der Waals surface area (Å²) in [5.41, 5.74) is -2.13. The van der Waals surface area contributed by atoms with Crippen molar-refractivity contribution in [2.75, 3.05) is 6.54 Å². The Balaban J connectivity index is 0.000000479. The van der Waals surface area contributed by atoms with E-state index in [0.717, 1.165) is 30.0 Å². The number of alkyl halides is 6. The summed E-state index contributed by atoms with van der Waals surface area (Å²) in [6.45, 7) is 0.469. The van der Waals surface area contributed by atoms with Crippen LogP contribution in [0.3, 0.4) is 0 Å². The molecule has 0 aliphatic carbocycles. The number of hydrogen-bond acceptors (Lipinski definition) is 8. The van der Waals surface area contributed by atoms with Crippen molar-refractivity contribution in [2.24, 2.45) is 17.3 Å². The fourth-order valence-electron chi connectivity index (χ4n) is 3.38. The van der Waals surface area contributed by atoms with E-state index in [4.69, 9.17) is 9.90 Å². The smallest absolute Gasteiger partial charge is 0.475 e. The van der Waals surface area contributed by atoms with Gasteiger partial charge in [0.1, 0.15) is 0 Å². The number of sulfonamides is 1. The largest absolute Gasteiger partial charge is 0.490 e. The number of halogens is 6. The molecular formula is C19H18F6N6O5S. The van der Waals surface area contributed by atoms with Gasteiger partial charge in [0.25, 0.3) is 15.9 Å². The van der Waals surface area contributed by atoms with Crippen LogP contribution < -0.4 is 10.0 Å². The molecule has 202 valence electrons. The van der Waals surface area contributed by atoms with Gasteiger partial charge in [-0.05, 0) is 24.6 Å². The Hall–Kier alpha value is -3.54. The maximum Gasteiger partial charge on any atom is 0.490 e. The molecule has 3 N–H and O–H groups in total. The van der Waals surface area contributed by atoms with Crippen LogP contribution in [0, 0.1) is 0 Å². The highest BCUT2D eigenvalue weighted by atomic mass is 32.2. The number of amides is 1. The van der Waals surface area contributed by atoms with Crippen molar-refractivity contribution in [1.29, 1.82) is 0 Å². The van der Waals surface area contributed by atoms with E-state index in [1.54, 1.807) is 17.9 Å². The van der Waals surface area contributed by atoms with Crippen LogP contribution >= 0.6 is 0 Å². The molecule has 0 saturated carbocycles. The van der Waals surface area contributed by atoms with Crippen LogP contribution in [0.2, 0.25) is 0 Å². The molecule has 2 atom stereocenters. The van der Waals surface area contributed by atoms with Crippen LogP contribution in [-0.2, 0) is 32.3 Å². The van der Waals surface area contributed by atoms with E-state index < -0.39 is 46.0 Å². The quantitative estimate of drug-likeness (QED) is 0.477. The van der Waals surface area contributed by atoms with Crippen molar-refractivity contribution in [1.82, 2.24) is 19.8 Å². The normalized spacial score (nSPS) is 20.6. The topological polar surface area (TPSA) is 155 Å². The maximum atomic E-state index is 13.0. The summed E-state index contributed by atoms with van der Waals surface area (Å²) in [4.78, 5) is 21.0. The Morgan fingerprint density at radius 1 is 1.11 bits per heavy atom. The SMILES string of the molecule is Cn1ccc(C2CN[C@H](C(=O)NS(=O)(=O)c3ccc(C4(C(F)(F)F)N=N4)cc3)C2)n1.O=C(O)C(F)(F)F. The van der Waals surface area contributed by atoms with E-state index in [9.17, 15) is 39.6 Å². The van der Waals surface area contributed by atoms with Crippen LogP contribution in [0.5, 0.6) is 0 Å². The van der Waals surface area contributed by atoms with Gasteiger partial charge >= 0.3 is 24.0 Å². The lowest BCUT2D eigenvalue weighted by Crippen LogP contribution is -2.43. The van der Waals surface area contributed by atoms with Gasteiger partial charge in [-0.2, -0.15) is 31.4 Å². The average Bonchev–Trinajstić information content (AvgIpc) is 3.27. The van der Waals surface area contributed by atoms with Crippen molar-refractivity contribution < 1.29 is 49.5 Å². The summed E-state index contributed by atoms with van der Waals surface area (Å²) in [5, 5.41) is 20.5. The summed E-state index contributed by atoms with van der Waals surface area (Å²) < 4.78 is 99.4. The Labute approximate surface area is 204 Å². The van der Waals surface area contributed by atoms with Crippen molar-refractivity contribution in [3.8, 4) is 0 Å². The maximum absolute atomic E-state index is 13.0. The number of carbonyl (C=O) groups is 2. The zero-order chi connectivity index (χ0) is 27.8. The van der Waals surface area contributed by atoms with Gasteiger partial charge in [0.05, 0.1) is 16.6 Å². The number of nitrogens with one attached hydrogen (secondary N) is 2. The van der Waals surface area contributed by atoms with Crippen molar-refractivity contribution >= 4 is 21.9 Å². The minimum absolute atomic E-state index is 0.0338. The van der Waals surface area contributed by atoms with Gasteiger partial charge in [-0.1, -0.05) is 12.1 Å². The fraction of sp³-hybridized carbons (Fsp3) is 0.421. The molecule has 0 spiro atoms. The molecule has 0 radical (unpaired) electrons. The number of aliphatic carboxylic acids is 1. The molecular weight excluding hydrogens is 538 g/mol. The van der Waals surface area contributed by atoms with E-state index in [0.29, 0.717) is 13.0 Å². The third-order valence-electron chi connectivity index (χ3n) is 5.34. The predicted octanol–water partition coefficient (Wildman–Crippen LogP) is 2.18. The van der Waals surface area contributed by atoms with Gasteiger partial charge in [-0.3, -0.25) is 9.48 Å². The zero-order valence-electron chi connectivity index (χ0n) is 18.6. The van der Waals surface area contributed by atoms with Crippen LogP contribution in [0.1, 0.15) is 23.6 Å².